The van der Waals surface area contributed by atoms with Crippen LogP contribution in [0.3, 0.4) is 0 Å². The normalized spacial score (nSPS) is 15.0. The SMILES string of the molecule is COc1ccc(CN2CCn3nc(CO)c(Cl)c3C2)cc1. The molecule has 2 heterocycles. The van der Waals surface area contributed by atoms with E-state index in [1.165, 1.54) is 5.56 Å². The summed E-state index contributed by atoms with van der Waals surface area (Å²) in [5.74, 6) is 0.867. The Balaban J connectivity index is 1.72. The summed E-state index contributed by atoms with van der Waals surface area (Å²) >= 11 is 6.26. The monoisotopic (exact) mass is 307 g/mol. The first kappa shape index (κ1) is 14.4. The Bertz CT molecular complexity index is 625. The zero-order chi connectivity index (χ0) is 14.8. The number of aromatic nitrogens is 2. The van der Waals surface area contributed by atoms with E-state index in [0.29, 0.717) is 10.7 Å². The minimum absolute atomic E-state index is 0.114. The lowest BCUT2D eigenvalue weighted by atomic mass is 10.2. The van der Waals surface area contributed by atoms with Gasteiger partial charge < -0.3 is 9.84 Å². The topological polar surface area (TPSA) is 50.5 Å². The molecular formula is C15H18ClN3O2. The molecule has 1 N–H and O–H groups in total. The molecule has 0 fully saturated rings. The van der Waals surface area contributed by atoms with Crippen molar-refractivity contribution in [1.29, 1.82) is 0 Å². The lowest BCUT2D eigenvalue weighted by Gasteiger charge is -2.27. The van der Waals surface area contributed by atoms with Gasteiger partial charge in [-0.15, -0.1) is 0 Å². The maximum atomic E-state index is 9.23. The van der Waals surface area contributed by atoms with Crippen LogP contribution in [0.2, 0.25) is 5.02 Å². The van der Waals surface area contributed by atoms with E-state index < -0.39 is 0 Å². The zero-order valence-corrected chi connectivity index (χ0v) is 12.7. The fraction of sp³-hybridized carbons (Fsp3) is 0.400. The van der Waals surface area contributed by atoms with Crippen molar-refractivity contribution in [2.24, 2.45) is 0 Å². The summed E-state index contributed by atoms with van der Waals surface area (Å²) in [6, 6.07) is 8.09. The van der Waals surface area contributed by atoms with Gasteiger partial charge in [0.05, 0.1) is 31.0 Å². The molecule has 0 saturated carbocycles. The largest absolute Gasteiger partial charge is 0.497 e. The van der Waals surface area contributed by atoms with Crippen LogP contribution in [0, 0.1) is 0 Å². The molecule has 0 spiro atoms. The van der Waals surface area contributed by atoms with Crippen LogP contribution >= 0.6 is 11.6 Å². The lowest BCUT2D eigenvalue weighted by molar-refractivity contribution is 0.204. The Hall–Kier alpha value is -1.56. The number of rotatable bonds is 4. The third-order valence-corrected chi connectivity index (χ3v) is 4.21. The fourth-order valence-electron chi connectivity index (χ4n) is 2.62. The van der Waals surface area contributed by atoms with Crippen LogP contribution in [0.1, 0.15) is 17.0 Å². The summed E-state index contributed by atoms with van der Waals surface area (Å²) in [6.07, 6.45) is 0. The Morgan fingerprint density at radius 3 is 2.71 bits per heavy atom. The first-order chi connectivity index (χ1) is 10.2. The first-order valence-corrected chi connectivity index (χ1v) is 7.29. The number of ether oxygens (including phenoxy) is 1. The van der Waals surface area contributed by atoms with Crippen molar-refractivity contribution >= 4 is 11.6 Å². The van der Waals surface area contributed by atoms with Crippen LogP contribution in [-0.4, -0.2) is 33.4 Å². The van der Waals surface area contributed by atoms with Crippen molar-refractivity contribution in [3.63, 3.8) is 0 Å². The van der Waals surface area contributed by atoms with E-state index in [9.17, 15) is 5.11 Å². The molecular weight excluding hydrogens is 290 g/mol. The maximum absolute atomic E-state index is 9.23. The Labute approximate surface area is 128 Å². The van der Waals surface area contributed by atoms with Crippen LogP contribution in [-0.2, 0) is 26.2 Å². The second-order valence-electron chi connectivity index (χ2n) is 5.15. The number of benzene rings is 1. The van der Waals surface area contributed by atoms with Gasteiger partial charge in [0.15, 0.2) is 0 Å². The van der Waals surface area contributed by atoms with Crippen molar-refractivity contribution in [2.45, 2.75) is 26.2 Å². The quantitative estimate of drug-likeness (QED) is 0.939. The molecule has 6 heteroatoms. The van der Waals surface area contributed by atoms with Crippen molar-refractivity contribution in [2.75, 3.05) is 13.7 Å². The van der Waals surface area contributed by atoms with Crippen molar-refractivity contribution < 1.29 is 9.84 Å². The van der Waals surface area contributed by atoms with Gasteiger partial charge in [0.25, 0.3) is 0 Å². The van der Waals surface area contributed by atoms with Gasteiger partial charge in [-0.3, -0.25) is 9.58 Å². The van der Waals surface area contributed by atoms with Crippen LogP contribution in [0.4, 0.5) is 0 Å². The zero-order valence-electron chi connectivity index (χ0n) is 11.9. The summed E-state index contributed by atoms with van der Waals surface area (Å²) in [7, 11) is 1.67. The molecule has 0 radical (unpaired) electrons. The summed E-state index contributed by atoms with van der Waals surface area (Å²) < 4.78 is 7.07. The second-order valence-corrected chi connectivity index (χ2v) is 5.53. The number of hydrogen-bond acceptors (Lipinski definition) is 4. The average Bonchev–Trinajstić information content (AvgIpc) is 2.84. The molecule has 1 aromatic heterocycles. The van der Waals surface area contributed by atoms with E-state index in [2.05, 4.69) is 22.1 Å². The van der Waals surface area contributed by atoms with Crippen LogP contribution in [0.15, 0.2) is 24.3 Å². The number of methoxy groups -OCH3 is 1. The van der Waals surface area contributed by atoms with E-state index >= 15 is 0 Å². The van der Waals surface area contributed by atoms with Crippen molar-refractivity contribution in [1.82, 2.24) is 14.7 Å². The highest BCUT2D eigenvalue weighted by molar-refractivity contribution is 6.31. The minimum Gasteiger partial charge on any atom is -0.497 e. The van der Waals surface area contributed by atoms with Gasteiger partial charge in [-0.1, -0.05) is 23.7 Å². The van der Waals surface area contributed by atoms with Gasteiger partial charge >= 0.3 is 0 Å². The molecule has 1 aliphatic heterocycles. The summed E-state index contributed by atoms with van der Waals surface area (Å²) in [5, 5.41) is 14.2. The Morgan fingerprint density at radius 1 is 1.29 bits per heavy atom. The highest BCUT2D eigenvalue weighted by atomic mass is 35.5. The van der Waals surface area contributed by atoms with Crippen LogP contribution in [0.25, 0.3) is 0 Å². The molecule has 0 aliphatic carbocycles. The first-order valence-electron chi connectivity index (χ1n) is 6.91. The third-order valence-electron chi connectivity index (χ3n) is 3.78. The molecule has 21 heavy (non-hydrogen) atoms. The lowest BCUT2D eigenvalue weighted by Crippen LogP contribution is -2.33. The van der Waals surface area contributed by atoms with Crippen LogP contribution in [0.5, 0.6) is 5.75 Å². The molecule has 1 aromatic carbocycles. The average molecular weight is 308 g/mol. The van der Waals surface area contributed by atoms with Crippen molar-refractivity contribution in [3.8, 4) is 5.75 Å². The fourth-order valence-corrected chi connectivity index (χ4v) is 2.87. The van der Waals surface area contributed by atoms with E-state index in [1.54, 1.807) is 7.11 Å². The molecule has 0 amide bonds. The van der Waals surface area contributed by atoms with Crippen molar-refractivity contribution in [3.05, 3.63) is 46.2 Å². The maximum Gasteiger partial charge on any atom is 0.118 e. The van der Waals surface area contributed by atoms with E-state index in [-0.39, 0.29) is 6.61 Å². The number of halogens is 1. The van der Waals surface area contributed by atoms with E-state index in [0.717, 1.165) is 37.6 Å². The molecule has 5 nitrogen and oxygen atoms in total. The van der Waals surface area contributed by atoms with Gasteiger partial charge in [0.1, 0.15) is 11.4 Å². The van der Waals surface area contributed by atoms with Gasteiger partial charge in [0, 0.05) is 19.6 Å². The predicted octanol–water partition coefficient (Wildman–Crippen LogP) is 2.05. The molecule has 0 atom stereocenters. The van der Waals surface area contributed by atoms with Gasteiger partial charge in [-0.2, -0.15) is 5.10 Å². The molecule has 112 valence electrons. The number of aliphatic hydroxyl groups is 1. The molecule has 2 aromatic rings. The Morgan fingerprint density at radius 2 is 2.05 bits per heavy atom. The minimum atomic E-state index is -0.114. The van der Waals surface area contributed by atoms with Gasteiger partial charge in [-0.25, -0.2) is 0 Å². The highest BCUT2D eigenvalue weighted by Gasteiger charge is 2.22. The standard InChI is InChI=1S/C15H18ClN3O2/c1-21-12-4-2-11(3-5-12)8-18-6-7-19-14(9-18)15(16)13(10-20)17-19/h2-5,20H,6-10H2,1H3. The number of fused-ring (bicyclic) bond motifs is 1. The molecule has 3 rings (SSSR count). The molecule has 0 saturated heterocycles. The summed E-state index contributed by atoms with van der Waals surface area (Å²) in [5.41, 5.74) is 2.79. The predicted molar refractivity (Wildman–Crippen MR) is 80.3 cm³/mol. The molecule has 1 aliphatic rings. The van der Waals surface area contributed by atoms with Gasteiger partial charge in [-0.05, 0) is 17.7 Å². The summed E-state index contributed by atoms with van der Waals surface area (Å²) in [6.45, 7) is 3.21. The number of nitrogens with zero attached hydrogens (tertiary/aromatic N) is 3. The van der Waals surface area contributed by atoms with Gasteiger partial charge in [0.2, 0.25) is 0 Å². The summed E-state index contributed by atoms with van der Waals surface area (Å²) in [4.78, 5) is 2.33. The number of aliphatic hydroxyl groups excluding tert-OH is 1. The number of hydrogen-bond donors (Lipinski definition) is 1. The van der Waals surface area contributed by atoms with Crippen LogP contribution < -0.4 is 4.74 Å². The molecule has 0 unspecified atom stereocenters. The Kier molecular flexibility index (Phi) is 4.14. The smallest absolute Gasteiger partial charge is 0.118 e. The third kappa shape index (κ3) is 2.90. The second kappa shape index (κ2) is 6.05. The highest BCUT2D eigenvalue weighted by Crippen LogP contribution is 2.26. The molecule has 0 bridgehead atoms. The van der Waals surface area contributed by atoms with E-state index in [4.69, 9.17) is 16.3 Å². The van der Waals surface area contributed by atoms with E-state index in [1.807, 2.05) is 16.8 Å².